The second kappa shape index (κ2) is 8.81. The third-order valence-electron chi connectivity index (χ3n) is 4.62. The van der Waals surface area contributed by atoms with E-state index in [1.807, 2.05) is 54.8 Å². The highest BCUT2D eigenvalue weighted by Gasteiger charge is 2.23. The molecular weight excluding hydrogens is 416 g/mol. The van der Waals surface area contributed by atoms with Crippen LogP contribution in [-0.2, 0) is 0 Å². The van der Waals surface area contributed by atoms with Gasteiger partial charge in [0.15, 0.2) is 16.8 Å². The van der Waals surface area contributed by atoms with Crippen molar-refractivity contribution < 1.29 is 4.79 Å². The van der Waals surface area contributed by atoms with Gasteiger partial charge in [0.25, 0.3) is 0 Å². The van der Waals surface area contributed by atoms with E-state index < -0.39 is 0 Å². The molecular formula is C23H19ClN4OS. The Kier molecular flexibility index (Phi) is 5.97. The van der Waals surface area contributed by atoms with Crippen LogP contribution in [0.4, 0.5) is 0 Å². The Morgan fingerprint density at radius 3 is 2.47 bits per heavy atom. The Morgan fingerprint density at radius 1 is 1.03 bits per heavy atom. The Hall–Kier alpha value is -2.96. The molecule has 150 valence electrons. The average molecular weight is 435 g/mol. The summed E-state index contributed by atoms with van der Waals surface area (Å²) in [6, 6.07) is 18.9. The predicted octanol–water partition coefficient (Wildman–Crippen LogP) is 5.65. The van der Waals surface area contributed by atoms with Gasteiger partial charge in [0.2, 0.25) is 0 Å². The van der Waals surface area contributed by atoms with Crippen LogP contribution in [0.3, 0.4) is 0 Å². The minimum Gasteiger partial charge on any atom is -0.293 e. The maximum absolute atomic E-state index is 12.9. The first kappa shape index (κ1) is 20.3. The molecule has 5 nitrogen and oxygen atoms in total. The number of thioether (sulfide) groups is 1. The van der Waals surface area contributed by atoms with Crippen LogP contribution < -0.4 is 0 Å². The molecule has 0 aliphatic carbocycles. The SMILES string of the molecule is Cc1ccc(-n2c(SC(C)C(=O)c3cccc(Cl)c3)nnc2-c2ccncc2)cc1. The predicted molar refractivity (Wildman–Crippen MR) is 120 cm³/mol. The lowest BCUT2D eigenvalue weighted by Crippen LogP contribution is -2.14. The highest BCUT2D eigenvalue weighted by molar-refractivity contribution is 8.00. The number of Topliss-reactive ketones (excluding diaryl/α,β-unsaturated/α-hetero) is 1. The first-order chi connectivity index (χ1) is 14.5. The van der Waals surface area contributed by atoms with Gasteiger partial charge < -0.3 is 0 Å². The molecule has 0 saturated carbocycles. The summed E-state index contributed by atoms with van der Waals surface area (Å²) >= 11 is 7.43. The molecule has 0 fully saturated rings. The summed E-state index contributed by atoms with van der Waals surface area (Å²) in [4.78, 5) is 17.0. The second-order valence-corrected chi connectivity index (χ2v) is 8.59. The molecule has 2 aromatic heterocycles. The van der Waals surface area contributed by atoms with E-state index in [-0.39, 0.29) is 11.0 Å². The second-order valence-electron chi connectivity index (χ2n) is 6.85. The number of aromatic nitrogens is 4. The molecule has 30 heavy (non-hydrogen) atoms. The normalized spacial score (nSPS) is 12.0. The van der Waals surface area contributed by atoms with E-state index in [4.69, 9.17) is 11.6 Å². The van der Waals surface area contributed by atoms with Crippen LogP contribution in [0.5, 0.6) is 0 Å². The summed E-state index contributed by atoms with van der Waals surface area (Å²) in [7, 11) is 0. The van der Waals surface area contributed by atoms with Crippen LogP contribution in [0.2, 0.25) is 5.02 Å². The van der Waals surface area contributed by atoms with Gasteiger partial charge in [-0.05, 0) is 50.2 Å². The van der Waals surface area contributed by atoms with E-state index in [0.717, 1.165) is 16.8 Å². The highest BCUT2D eigenvalue weighted by Crippen LogP contribution is 2.31. The van der Waals surface area contributed by atoms with Gasteiger partial charge in [-0.3, -0.25) is 14.3 Å². The zero-order valence-corrected chi connectivity index (χ0v) is 18.1. The number of aryl methyl sites for hydroxylation is 1. The highest BCUT2D eigenvalue weighted by atomic mass is 35.5. The van der Waals surface area contributed by atoms with Crippen molar-refractivity contribution in [2.75, 3.05) is 0 Å². The van der Waals surface area contributed by atoms with Gasteiger partial charge in [0.1, 0.15) is 0 Å². The third kappa shape index (κ3) is 4.30. The number of hydrogen-bond donors (Lipinski definition) is 0. The van der Waals surface area contributed by atoms with Crippen molar-refractivity contribution in [2.24, 2.45) is 0 Å². The summed E-state index contributed by atoms with van der Waals surface area (Å²) in [6.07, 6.45) is 3.45. The van der Waals surface area contributed by atoms with Crippen molar-refractivity contribution >= 4 is 29.1 Å². The number of ketones is 1. The third-order valence-corrected chi connectivity index (χ3v) is 5.90. The number of rotatable bonds is 6. The van der Waals surface area contributed by atoms with Gasteiger partial charge in [0, 0.05) is 34.2 Å². The quantitative estimate of drug-likeness (QED) is 0.289. The summed E-state index contributed by atoms with van der Waals surface area (Å²) in [5, 5.41) is 9.65. The van der Waals surface area contributed by atoms with Gasteiger partial charge in [-0.1, -0.05) is 53.2 Å². The molecule has 0 bridgehead atoms. The maximum Gasteiger partial charge on any atom is 0.196 e. The van der Waals surface area contributed by atoms with Crippen molar-refractivity contribution in [3.8, 4) is 17.1 Å². The van der Waals surface area contributed by atoms with Gasteiger partial charge in [-0.25, -0.2) is 0 Å². The molecule has 4 rings (SSSR count). The zero-order chi connectivity index (χ0) is 21.1. The number of halogens is 1. The number of hydrogen-bond acceptors (Lipinski definition) is 5. The molecule has 2 heterocycles. The zero-order valence-electron chi connectivity index (χ0n) is 16.5. The maximum atomic E-state index is 12.9. The summed E-state index contributed by atoms with van der Waals surface area (Å²) in [5.74, 6) is 0.692. The molecule has 0 spiro atoms. The van der Waals surface area contributed by atoms with E-state index in [9.17, 15) is 4.79 Å². The smallest absolute Gasteiger partial charge is 0.196 e. The van der Waals surface area contributed by atoms with Crippen molar-refractivity contribution in [2.45, 2.75) is 24.3 Å². The minimum absolute atomic E-state index is 0.00795. The first-order valence-electron chi connectivity index (χ1n) is 9.42. The van der Waals surface area contributed by atoms with Gasteiger partial charge in [0.05, 0.1) is 5.25 Å². The van der Waals surface area contributed by atoms with E-state index in [0.29, 0.717) is 21.6 Å². The standard InChI is InChI=1S/C23H19ClN4OS/c1-15-6-8-20(9-7-15)28-22(17-10-12-25-13-11-17)26-27-23(28)30-16(2)21(29)18-4-3-5-19(24)14-18/h3-14,16H,1-2H3. The lowest BCUT2D eigenvalue weighted by molar-refractivity contribution is 0.0994. The van der Waals surface area contributed by atoms with E-state index >= 15 is 0 Å². The lowest BCUT2D eigenvalue weighted by Gasteiger charge is -2.13. The van der Waals surface area contributed by atoms with Gasteiger partial charge in [-0.2, -0.15) is 0 Å². The topological polar surface area (TPSA) is 60.7 Å². The molecule has 0 aliphatic rings. The summed E-state index contributed by atoms with van der Waals surface area (Å²) < 4.78 is 1.97. The number of benzene rings is 2. The van der Waals surface area contributed by atoms with Crippen LogP contribution >= 0.6 is 23.4 Å². The van der Waals surface area contributed by atoms with Crippen LogP contribution in [0.15, 0.2) is 78.2 Å². The molecule has 4 aromatic rings. The fraction of sp³-hybridized carbons (Fsp3) is 0.130. The van der Waals surface area contributed by atoms with Crippen LogP contribution in [0, 0.1) is 6.92 Å². The Labute approximate surface area is 184 Å². The lowest BCUT2D eigenvalue weighted by atomic mass is 10.1. The first-order valence-corrected chi connectivity index (χ1v) is 10.7. The molecule has 2 aromatic carbocycles. The molecule has 7 heteroatoms. The Bertz CT molecular complexity index is 1180. The number of carbonyl (C=O) groups excluding carboxylic acids is 1. The van der Waals surface area contributed by atoms with Crippen molar-refractivity contribution in [3.63, 3.8) is 0 Å². The molecule has 1 atom stereocenters. The van der Waals surface area contributed by atoms with E-state index in [2.05, 4.69) is 15.2 Å². The van der Waals surface area contributed by atoms with Crippen molar-refractivity contribution in [1.82, 2.24) is 19.7 Å². The fourth-order valence-electron chi connectivity index (χ4n) is 3.05. The van der Waals surface area contributed by atoms with Crippen LogP contribution in [0.1, 0.15) is 22.8 Å². The summed E-state index contributed by atoms with van der Waals surface area (Å²) in [6.45, 7) is 3.91. The Morgan fingerprint density at radius 2 is 1.77 bits per heavy atom. The van der Waals surface area contributed by atoms with Gasteiger partial charge in [-0.15, -0.1) is 10.2 Å². The molecule has 0 aliphatic heterocycles. The van der Waals surface area contributed by atoms with Gasteiger partial charge >= 0.3 is 0 Å². The largest absolute Gasteiger partial charge is 0.293 e. The molecule has 0 radical (unpaired) electrons. The van der Waals surface area contributed by atoms with Crippen molar-refractivity contribution in [1.29, 1.82) is 0 Å². The molecule has 1 unspecified atom stereocenters. The molecule has 0 N–H and O–H groups in total. The van der Waals surface area contributed by atoms with Crippen LogP contribution in [0.25, 0.3) is 17.1 Å². The van der Waals surface area contributed by atoms with Crippen molar-refractivity contribution in [3.05, 3.63) is 89.2 Å². The van der Waals surface area contributed by atoms with Crippen LogP contribution in [-0.4, -0.2) is 30.8 Å². The van der Waals surface area contributed by atoms with E-state index in [1.165, 1.54) is 11.8 Å². The minimum atomic E-state index is -0.359. The monoisotopic (exact) mass is 434 g/mol. The fourth-order valence-corrected chi connectivity index (χ4v) is 4.18. The molecule has 0 amide bonds. The number of pyridine rings is 1. The average Bonchev–Trinajstić information content (AvgIpc) is 3.17. The number of nitrogens with zero attached hydrogens (tertiary/aromatic N) is 4. The number of carbonyl (C=O) groups is 1. The summed E-state index contributed by atoms with van der Waals surface area (Å²) in [5.41, 5.74) is 3.58. The van der Waals surface area contributed by atoms with E-state index in [1.54, 1.807) is 36.7 Å². The Balaban J connectivity index is 1.72. The molecule has 0 saturated heterocycles.